The molecule has 0 saturated heterocycles. The Morgan fingerprint density at radius 2 is 2.22 bits per heavy atom. The molecule has 0 amide bonds. The Hall–Kier alpha value is -1.13. The molecule has 2 rings (SSSR count). The van der Waals surface area contributed by atoms with E-state index in [1.54, 1.807) is 11.3 Å². The zero-order valence-corrected chi connectivity index (χ0v) is 12.3. The average molecular weight is 263 g/mol. The molecular weight excluding hydrogens is 242 g/mol. The zero-order chi connectivity index (χ0) is 13.1. The van der Waals surface area contributed by atoms with E-state index in [-0.39, 0.29) is 0 Å². The molecular formula is C14H21N3S. The van der Waals surface area contributed by atoms with Gasteiger partial charge in [0.05, 0.1) is 12.2 Å². The predicted molar refractivity (Wildman–Crippen MR) is 77.2 cm³/mol. The van der Waals surface area contributed by atoms with E-state index in [2.05, 4.69) is 61.0 Å². The number of aryl methyl sites for hydroxylation is 2. The SMILES string of the molecule is CCNC(C)c1ccn(Cc2nc(C)c(C)s2)c1. The van der Waals surface area contributed by atoms with Gasteiger partial charge < -0.3 is 9.88 Å². The monoisotopic (exact) mass is 263 g/mol. The summed E-state index contributed by atoms with van der Waals surface area (Å²) in [5.41, 5.74) is 2.49. The lowest BCUT2D eigenvalue weighted by molar-refractivity contribution is 0.596. The molecule has 0 radical (unpaired) electrons. The smallest absolute Gasteiger partial charge is 0.113 e. The van der Waals surface area contributed by atoms with E-state index in [4.69, 9.17) is 0 Å². The molecule has 0 aliphatic heterocycles. The van der Waals surface area contributed by atoms with Crippen molar-refractivity contribution in [2.24, 2.45) is 0 Å². The first-order valence-corrected chi connectivity index (χ1v) is 7.23. The number of hydrogen-bond donors (Lipinski definition) is 1. The van der Waals surface area contributed by atoms with Crippen molar-refractivity contribution >= 4 is 11.3 Å². The summed E-state index contributed by atoms with van der Waals surface area (Å²) in [4.78, 5) is 5.90. The molecule has 2 heterocycles. The molecule has 0 aliphatic rings. The highest BCUT2D eigenvalue weighted by atomic mass is 32.1. The third-order valence-electron chi connectivity index (χ3n) is 3.17. The van der Waals surface area contributed by atoms with Crippen LogP contribution >= 0.6 is 11.3 Å². The molecule has 0 aromatic carbocycles. The molecule has 0 fully saturated rings. The highest BCUT2D eigenvalue weighted by Gasteiger charge is 2.07. The first-order chi connectivity index (χ1) is 8.60. The first-order valence-electron chi connectivity index (χ1n) is 6.42. The van der Waals surface area contributed by atoms with Crippen molar-refractivity contribution in [1.82, 2.24) is 14.9 Å². The average Bonchev–Trinajstić information content (AvgIpc) is 2.88. The Balaban J connectivity index is 2.06. The van der Waals surface area contributed by atoms with Gasteiger partial charge in [0.1, 0.15) is 5.01 Å². The molecule has 1 atom stereocenters. The summed E-state index contributed by atoms with van der Waals surface area (Å²) in [6.45, 7) is 10.4. The fourth-order valence-electron chi connectivity index (χ4n) is 2.00. The van der Waals surface area contributed by atoms with Crippen molar-refractivity contribution in [2.45, 2.75) is 40.3 Å². The van der Waals surface area contributed by atoms with Gasteiger partial charge in [0.2, 0.25) is 0 Å². The Morgan fingerprint density at radius 1 is 1.44 bits per heavy atom. The normalized spacial score (nSPS) is 12.9. The number of nitrogens with zero attached hydrogens (tertiary/aromatic N) is 2. The summed E-state index contributed by atoms with van der Waals surface area (Å²) < 4.78 is 2.21. The van der Waals surface area contributed by atoms with Gasteiger partial charge in [0.15, 0.2) is 0 Å². The highest BCUT2D eigenvalue weighted by Crippen LogP contribution is 2.19. The third kappa shape index (κ3) is 3.00. The van der Waals surface area contributed by atoms with Crippen LogP contribution in [-0.4, -0.2) is 16.1 Å². The van der Waals surface area contributed by atoms with Crippen molar-refractivity contribution in [3.8, 4) is 0 Å². The summed E-state index contributed by atoms with van der Waals surface area (Å²) in [6.07, 6.45) is 4.34. The van der Waals surface area contributed by atoms with Gasteiger partial charge in [-0.1, -0.05) is 6.92 Å². The van der Waals surface area contributed by atoms with E-state index in [1.165, 1.54) is 15.4 Å². The predicted octanol–water partition coefficient (Wildman–Crippen LogP) is 3.28. The van der Waals surface area contributed by atoms with Crippen LogP contribution in [0.2, 0.25) is 0 Å². The molecule has 2 aromatic rings. The molecule has 1 N–H and O–H groups in total. The van der Waals surface area contributed by atoms with Crippen LogP contribution in [0.4, 0.5) is 0 Å². The van der Waals surface area contributed by atoms with Crippen LogP contribution in [0.3, 0.4) is 0 Å². The molecule has 1 unspecified atom stereocenters. The van der Waals surface area contributed by atoms with E-state index in [1.807, 2.05) is 0 Å². The quantitative estimate of drug-likeness (QED) is 0.897. The molecule has 0 bridgehead atoms. The van der Waals surface area contributed by atoms with Crippen LogP contribution in [0.15, 0.2) is 18.5 Å². The summed E-state index contributed by atoms with van der Waals surface area (Å²) in [6, 6.07) is 2.59. The first kappa shape index (κ1) is 13.3. The Bertz CT molecular complexity index is 493. The highest BCUT2D eigenvalue weighted by molar-refractivity contribution is 7.11. The fraction of sp³-hybridized carbons (Fsp3) is 0.500. The Morgan fingerprint density at radius 3 is 2.83 bits per heavy atom. The topological polar surface area (TPSA) is 29.9 Å². The standard InChI is InChI=1S/C14H21N3S/c1-5-15-11(3)13-6-7-17(8-13)9-14-16-10(2)12(4)18-14/h6-8,11,15H,5,9H2,1-4H3. The summed E-state index contributed by atoms with van der Waals surface area (Å²) in [7, 11) is 0. The number of aromatic nitrogens is 2. The van der Waals surface area contributed by atoms with E-state index >= 15 is 0 Å². The Labute approximate surface area is 113 Å². The summed E-state index contributed by atoms with van der Waals surface area (Å²) in [5, 5.41) is 4.61. The van der Waals surface area contributed by atoms with Crippen LogP contribution in [0.5, 0.6) is 0 Å². The maximum Gasteiger partial charge on any atom is 0.113 e. The zero-order valence-electron chi connectivity index (χ0n) is 11.5. The molecule has 2 aromatic heterocycles. The lowest BCUT2D eigenvalue weighted by Crippen LogP contribution is -2.17. The van der Waals surface area contributed by atoms with Gasteiger partial charge in [0.25, 0.3) is 0 Å². The minimum Gasteiger partial charge on any atom is -0.347 e. The Kier molecular flexibility index (Phi) is 4.19. The van der Waals surface area contributed by atoms with Gasteiger partial charge in [0, 0.05) is 23.3 Å². The van der Waals surface area contributed by atoms with Crippen molar-refractivity contribution in [3.05, 3.63) is 39.6 Å². The molecule has 98 valence electrons. The minimum atomic E-state index is 0.413. The van der Waals surface area contributed by atoms with Crippen molar-refractivity contribution in [2.75, 3.05) is 6.54 Å². The molecule has 0 spiro atoms. The number of nitrogens with one attached hydrogen (secondary N) is 1. The number of thiazole rings is 1. The van der Waals surface area contributed by atoms with Crippen LogP contribution in [0.25, 0.3) is 0 Å². The second kappa shape index (κ2) is 5.67. The lowest BCUT2D eigenvalue weighted by atomic mass is 10.2. The lowest BCUT2D eigenvalue weighted by Gasteiger charge is -2.09. The van der Waals surface area contributed by atoms with E-state index in [0.29, 0.717) is 6.04 Å². The molecule has 3 nitrogen and oxygen atoms in total. The van der Waals surface area contributed by atoms with E-state index in [9.17, 15) is 0 Å². The van der Waals surface area contributed by atoms with Crippen molar-refractivity contribution in [3.63, 3.8) is 0 Å². The molecule has 0 saturated carbocycles. The van der Waals surface area contributed by atoms with Gasteiger partial charge in [-0.3, -0.25) is 0 Å². The maximum atomic E-state index is 4.58. The van der Waals surface area contributed by atoms with Crippen LogP contribution in [-0.2, 0) is 6.54 Å². The number of rotatable bonds is 5. The van der Waals surface area contributed by atoms with Crippen LogP contribution < -0.4 is 5.32 Å². The summed E-state index contributed by atoms with van der Waals surface area (Å²) >= 11 is 1.79. The number of hydrogen-bond acceptors (Lipinski definition) is 3. The fourth-order valence-corrected chi connectivity index (χ4v) is 2.94. The van der Waals surface area contributed by atoms with Gasteiger partial charge in [-0.15, -0.1) is 11.3 Å². The van der Waals surface area contributed by atoms with E-state index < -0.39 is 0 Å². The largest absolute Gasteiger partial charge is 0.347 e. The second-order valence-corrected chi connectivity index (χ2v) is 5.93. The van der Waals surface area contributed by atoms with E-state index in [0.717, 1.165) is 18.8 Å². The van der Waals surface area contributed by atoms with Crippen molar-refractivity contribution < 1.29 is 0 Å². The second-order valence-electron chi connectivity index (χ2n) is 4.65. The summed E-state index contributed by atoms with van der Waals surface area (Å²) in [5.74, 6) is 0. The van der Waals surface area contributed by atoms with Gasteiger partial charge >= 0.3 is 0 Å². The van der Waals surface area contributed by atoms with Gasteiger partial charge in [-0.2, -0.15) is 0 Å². The van der Waals surface area contributed by atoms with Crippen LogP contribution in [0, 0.1) is 13.8 Å². The van der Waals surface area contributed by atoms with Crippen LogP contribution in [0.1, 0.15) is 41.0 Å². The van der Waals surface area contributed by atoms with Gasteiger partial charge in [-0.25, -0.2) is 4.98 Å². The van der Waals surface area contributed by atoms with Crippen molar-refractivity contribution in [1.29, 1.82) is 0 Å². The molecule has 4 heteroatoms. The third-order valence-corrected chi connectivity index (χ3v) is 4.23. The van der Waals surface area contributed by atoms with Gasteiger partial charge in [-0.05, 0) is 38.9 Å². The minimum absolute atomic E-state index is 0.413. The molecule has 0 aliphatic carbocycles. The molecule has 18 heavy (non-hydrogen) atoms. The maximum absolute atomic E-state index is 4.58.